The van der Waals surface area contributed by atoms with E-state index in [2.05, 4.69) is 39.8 Å². The van der Waals surface area contributed by atoms with E-state index in [0.717, 1.165) is 37.7 Å². The van der Waals surface area contributed by atoms with Crippen molar-refractivity contribution in [3.63, 3.8) is 0 Å². The molecule has 1 rings (SSSR count). The zero-order valence-corrected chi connectivity index (χ0v) is 17.8. The van der Waals surface area contributed by atoms with Crippen molar-refractivity contribution >= 4 is 5.97 Å². The second kappa shape index (κ2) is 12.3. The van der Waals surface area contributed by atoms with Crippen molar-refractivity contribution in [2.75, 3.05) is 0 Å². The van der Waals surface area contributed by atoms with Crippen molar-refractivity contribution < 1.29 is 20.1 Å². The summed E-state index contributed by atoms with van der Waals surface area (Å²) in [5.41, 5.74) is 4.05. The maximum Gasteiger partial charge on any atom is 0.303 e. The average molecular weight is 389 g/mol. The van der Waals surface area contributed by atoms with Crippen molar-refractivity contribution in [1.29, 1.82) is 0 Å². The third-order valence-electron chi connectivity index (χ3n) is 5.07. The molecule has 4 heteroatoms. The largest absolute Gasteiger partial charge is 0.508 e. The maximum absolute atomic E-state index is 10.5. The predicted octanol–water partition coefficient (Wildman–Crippen LogP) is 6.47. The summed E-state index contributed by atoms with van der Waals surface area (Å²) in [5.74, 6) is -0.265. The van der Waals surface area contributed by atoms with Crippen LogP contribution in [0.4, 0.5) is 0 Å². The Morgan fingerprint density at radius 3 is 2.21 bits per heavy atom. The van der Waals surface area contributed by atoms with E-state index in [1.165, 1.54) is 11.1 Å². The third-order valence-corrected chi connectivity index (χ3v) is 5.07. The summed E-state index contributed by atoms with van der Waals surface area (Å²) in [5, 5.41) is 29.4. The number of hydrogen-bond acceptors (Lipinski definition) is 3. The highest BCUT2D eigenvalue weighted by Crippen LogP contribution is 2.34. The van der Waals surface area contributed by atoms with E-state index < -0.39 is 5.97 Å². The van der Waals surface area contributed by atoms with Crippen LogP contribution in [0.2, 0.25) is 0 Å². The highest BCUT2D eigenvalue weighted by molar-refractivity contribution is 5.66. The topological polar surface area (TPSA) is 77.8 Å². The van der Waals surface area contributed by atoms with E-state index in [9.17, 15) is 15.0 Å². The fraction of sp³-hybridized carbons (Fsp3) is 0.542. The van der Waals surface area contributed by atoms with Gasteiger partial charge in [-0.15, -0.1) is 0 Å². The molecule has 1 atom stereocenters. The van der Waals surface area contributed by atoms with Gasteiger partial charge in [0.05, 0.1) is 0 Å². The minimum atomic E-state index is -0.750. The number of rotatable bonds is 12. The van der Waals surface area contributed by atoms with E-state index in [4.69, 9.17) is 5.11 Å². The monoisotopic (exact) mass is 388 g/mol. The summed E-state index contributed by atoms with van der Waals surface area (Å²) in [6.45, 7) is 8.33. The Labute approximate surface area is 169 Å². The van der Waals surface area contributed by atoms with Crippen LogP contribution >= 0.6 is 0 Å². The van der Waals surface area contributed by atoms with Gasteiger partial charge in [0.25, 0.3) is 0 Å². The molecule has 0 saturated carbocycles. The molecule has 0 bridgehead atoms. The molecule has 0 radical (unpaired) electrons. The second-order valence-electron chi connectivity index (χ2n) is 8.01. The van der Waals surface area contributed by atoms with Gasteiger partial charge in [0, 0.05) is 12.0 Å². The van der Waals surface area contributed by atoms with Gasteiger partial charge < -0.3 is 15.3 Å². The van der Waals surface area contributed by atoms with E-state index in [1.54, 1.807) is 12.1 Å². The van der Waals surface area contributed by atoms with Crippen LogP contribution in [0.25, 0.3) is 0 Å². The van der Waals surface area contributed by atoms with Gasteiger partial charge >= 0.3 is 5.97 Å². The van der Waals surface area contributed by atoms with Gasteiger partial charge in [-0.2, -0.15) is 0 Å². The number of phenols is 2. The SMILES string of the molecule is CC(C)=CCC/C(C)=C/Cc1c(O)cc(C(C)CCCCCC(=O)O)cc1O. The molecule has 1 unspecified atom stereocenters. The minimum Gasteiger partial charge on any atom is -0.508 e. The first-order chi connectivity index (χ1) is 13.2. The van der Waals surface area contributed by atoms with Crippen molar-refractivity contribution in [3.05, 3.63) is 46.6 Å². The molecule has 0 aliphatic rings. The lowest BCUT2D eigenvalue weighted by Crippen LogP contribution is -1.97. The first-order valence-electron chi connectivity index (χ1n) is 10.3. The summed E-state index contributed by atoms with van der Waals surface area (Å²) in [6, 6.07) is 3.51. The third kappa shape index (κ3) is 9.12. The van der Waals surface area contributed by atoms with Gasteiger partial charge in [-0.25, -0.2) is 0 Å². The van der Waals surface area contributed by atoms with Crippen molar-refractivity contribution in [1.82, 2.24) is 0 Å². The number of phenolic OH excluding ortho intramolecular Hbond substituents is 2. The molecule has 0 spiro atoms. The summed E-state index contributed by atoms with van der Waals surface area (Å²) in [7, 11) is 0. The van der Waals surface area contributed by atoms with Crippen LogP contribution in [0, 0.1) is 0 Å². The highest BCUT2D eigenvalue weighted by atomic mass is 16.4. The molecule has 0 heterocycles. The van der Waals surface area contributed by atoms with Crippen LogP contribution < -0.4 is 0 Å². The Kier molecular flexibility index (Phi) is 10.4. The van der Waals surface area contributed by atoms with Gasteiger partial charge in [0.1, 0.15) is 11.5 Å². The number of aromatic hydroxyl groups is 2. The molecule has 0 aliphatic heterocycles. The lowest BCUT2D eigenvalue weighted by Gasteiger charge is -2.15. The van der Waals surface area contributed by atoms with E-state index in [0.29, 0.717) is 18.4 Å². The zero-order chi connectivity index (χ0) is 21.1. The highest BCUT2D eigenvalue weighted by Gasteiger charge is 2.13. The van der Waals surface area contributed by atoms with Crippen LogP contribution in [0.15, 0.2) is 35.4 Å². The Bertz CT molecular complexity index is 674. The van der Waals surface area contributed by atoms with Gasteiger partial charge in [-0.3, -0.25) is 4.79 Å². The number of carbonyl (C=O) groups is 1. The predicted molar refractivity (Wildman–Crippen MR) is 115 cm³/mol. The van der Waals surface area contributed by atoms with Crippen molar-refractivity contribution in [3.8, 4) is 11.5 Å². The van der Waals surface area contributed by atoms with Crippen molar-refractivity contribution in [2.45, 2.75) is 85.0 Å². The molecule has 28 heavy (non-hydrogen) atoms. The minimum absolute atomic E-state index is 0.140. The molecular weight excluding hydrogens is 352 g/mol. The fourth-order valence-electron chi connectivity index (χ4n) is 3.19. The standard InChI is InChI=1S/C24H36O4/c1-17(2)9-8-10-18(3)13-14-21-22(25)15-20(16-23(21)26)19(4)11-6-5-7-12-24(27)28/h9,13,15-16,19,25-26H,5-8,10-12,14H2,1-4H3,(H,27,28)/b18-13+. The molecule has 0 aliphatic carbocycles. The smallest absolute Gasteiger partial charge is 0.303 e. The van der Waals surface area contributed by atoms with E-state index >= 15 is 0 Å². The van der Waals surface area contributed by atoms with Crippen LogP contribution in [0.5, 0.6) is 11.5 Å². The molecule has 4 nitrogen and oxygen atoms in total. The Balaban J connectivity index is 2.63. The Morgan fingerprint density at radius 2 is 1.64 bits per heavy atom. The van der Waals surface area contributed by atoms with E-state index in [1.807, 2.05) is 0 Å². The number of hydrogen-bond donors (Lipinski definition) is 3. The first-order valence-corrected chi connectivity index (χ1v) is 10.3. The summed E-state index contributed by atoms with van der Waals surface area (Å²) in [6.07, 6.45) is 10.4. The second-order valence-corrected chi connectivity index (χ2v) is 8.01. The molecular formula is C24H36O4. The van der Waals surface area contributed by atoms with Gasteiger partial charge in [-0.1, -0.05) is 43.1 Å². The number of aliphatic carboxylic acids is 1. The number of benzene rings is 1. The van der Waals surface area contributed by atoms with Crippen LogP contribution in [-0.2, 0) is 11.2 Å². The summed E-state index contributed by atoms with van der Waals surface area (Å²) in [4.78, 5) is 10.5. The molecule has 0 aromatic heterocycles. The maximum atomic E-state index is 10.5. The molecule has 0 amide bonds. The number of unbranched alkanes of at least 4 members (excludes halogenated alkanes) is 2. The molecule has 3 N–H and O–H groups in total. The zero-order valence-electron chi connectivity index (χ0n) is 17.8. The lowest BCUT2D eigenvalue weighted by atomic mass is 9.92. The van der Waals surface area contributed by atoms with E-state index in [-0.39, 0.29) is 23.8 Å². The molecule has 1 aromatic rings. The normalized spacial score (nSPS) is 12.6. The van der Waals surface area contributed by atoms with Gasteiger partial charge in [0.15, 0.2) is 0 Å². The lowest BCUT2D eigenvalue weighted by molar-refractivity contribution is -0.137. The molecule has 1 aromatic carbocycles. The molecule has 156 valence electrons. The first kappa shape index (κ1) is 23.8. The van der Waals surface area contributed by atoms with Crippen molar-refractivity contribution in [2.24, 2.45) is 0 Å². The van der Waals surface area contributed by atoms with Gasteiger partial charge in [0.2, 0.25) is 0 Å². The molecule has 0 fully saturated rings. The number of allylic oxidation sites excluding steroid dienone is 4. The quantitative estimate of drug-likeness (QED) is 0.283. The Morgan fingerprint density at radius 1 is 1.00 bits per heavy atom. The summed E-state index contributed by atoms with van der Waals surface area (Å²) < 4.78 is 0. The van der Waals surface area contributed by atoms with Crippen LogP contribution in [-0.4, -0.2) is 21.3 Å². The average Bonchev–Trinajstić information content (AvgIpc) is 2.59. The number of carboxylic acid groups (broad SMARTS) is 1. The van der Waals surface area contributed by atoms with Gasteiger partial charge in [-0.05, 0) is 76.5 Å². The fourth-order valence-corrected chi connectivity index (χ4v) is 3.19. The van der Waals surface area contributed by atoms with Crippen LogP contribution in [0.1, 0.15) is 89.7 Å². The number of carboxylic acids is 1. The molecule has 0 saturated heterocycles. The van der Waals surface area contributed by atoms with Crippen LogP contribution in [0.3, 0.4) is 0 Å². The summed E-state index contributed by atoms with van der Waals surface area (Å²) >= 11 is 0. The Hall–Kier alpha value is -2.23.